The van der Waals surface area contributed by atoms with Gasteiger partial charge < -0.3 is 19.7 Å². The minimum absolute atomic E-state index is 0.0237. The van der Waals surface area contributed by atoms with Crippen LogP contribution in [0.2, 0.25) is 0 Å². The maximum atomic E-state index is 13.1. The fraction of sp³-hybridized carbons (Fsp3) is 0.560. The summed E-state index contributed by atoms with van der Waals surface area (Å²) in [5, 5.41) is 6.98. The molecule has 200 valence electrons. The summed E-state index contributed by atoms with van der Waals surface area (Å²) in [4.78, 5) is 26.5. The molecule has 0 radical (unpaired) electrons. The number of carbonyl (C=O) groups excluding carboxylic acids is 2. The van der Waals surface area contributed by atoms with E-state index in [4.69, 9.17) is 9.47 Å². The number of nitrogens with zero attached hydrogens (tertiary/aromatic N) is 3. The number of anilines is 1. The minimum Gasteiger partial charge on any atom is -0.475 e. The third-order valence-corrected chi connectivity index (χ3v) is 8.33. The molecule has 11 nitrogen and oxygen atoms in total. The number of carbonyl (C=O) groups is 2. The Labute approximate surface area is 216 Å². The van der Waals surface area contributed by atoms with Crippen LogP contribution in [0.1, 0.15) is 55.9 Å². The van der Waals surface area contributed by atoms with E-state index in [0.29, 0.717) is 0 Å². The molecule has 2 aliphatic carbocycles. The molecule has 0 saturated carbocycles. The lowest BCUT2D eigenvalue weighted by Crippen LogP contribution is -2.47. The molecule has 1 aromatic heterocycles. The second-order valence-corrected chi connectivity index (χ2v) is 12.5. The van der Waals surface area contributed by atoms with Crippen LogP contribution in [0.3, 0.4) is 0 Å². The monoisotopic (exact) mass is 531 g/mol. The van der Waals surface area contributed by atoms with Gasteiger partial charge in [-0.3, -0.25) is 0 Å². The zero-order chi connectivity index (χ0) is 26.5. The molecule has 2 aromatic rings. The number of sulfonamides is 1. The zero-order valence-corrected chi connectivity index (χ0v) is 22.4. The lowest BCUT2D eigenvalue weighted by molar-refractivity contribution is 0.0101. The standard InChI is InChI=1S/C25H33N5O6S/c1-25(2,3)36-24(32)29(4)17-13-30-22(35-14-17)20(12-26-30)37(33,34)28-23(31)27-21-18-9-5-7-15(18)11-16-8-6-10-19(16)21/h11-12,17H,5-10,13-14H2,1-4H3,(H2,27,28,31)/t17-/m1/s1. The predicted molar refractivity (Wildman–Crippen MR) is 135 cm³/mol. The summed E-state index contributed by atoms with van der Waals surface area (Å²) in [7, 11) is -2.67. The average molecular weight is 532 g/mol. The number of ether oxygens (including phenoxy) is 2. The van der Waals surface area contributed by atoms with Crippen molar-refractivity contribution in [1.29, 1.82) is 0 Å². The molecule has 0 fully saturated rings. The third kappa shape index (κ3) is 4.98. The first-order valence-electron chi connectivity index (χ1n) is 12.6. The molecule has 5 rings (SSSR count). The van der Waals surface area contributed by atoms with Gasteiger partial charge in [-0.2, -0.15) is 5.10 Å². The number of benzene rings is 1. The number of aromatic nitrogens is 2. The Balaban J connectivity index is 1.29. The zero-order valence-electron chi connectivity index (χ0n) is 21.6. The molecule has 0 spiro atoms. The van der Waals surface area contributed by atoms with Gasteiger partial charge in [0, 0.05) is 12.7 Å². The molecule has 0 saturated heterocycles. The summed E-state index contributed by atoms with van der Waals surface area (Å²) in [6.45, 7) is 5.61. The quantitative estimate of drug-likeness (QED) is 0.620. The Hall–Kier alpha value is -3.28. The van der Waals surface area contributed by atoms with Gasteiger partial charge in [0.15, 0.2) is 4.90 Å². The number of amides is 3. The van der Waals surface area contributed by atoms with E-state index in [1.54, 1.807) is 27.8 Å². The van der Waals surface area contributed by atoms with Crippen LogP contribution in [0, 0.1) is 0 Å². The van der Waals surface area contributed by atoms with Gasteiger partial charge in [-0.05, 0) is 81.5 Å². The van der Waals surface area contributed by atoms with Gasteiger partial charge in [-0.1, -0.05) is 6.07 Å². The first-order valence-corrected chi connectivity index (χ1v) is 14.1. The number of rotatable bonds is 4. The molecule has 3 aliphatic rings. The Morgan fingerprint density at radius 1 is 1.14 bits per heavy atom. The van der Waals surface area contributed by atoms with Crippen molar-refractivity contribution in [2.45, 2.75) is 82.4 Å². The van der Waals surface area contributed by atoms with Gasteiger partial charge in [-0.15, -0.1) is 0 Å². The molecule has 1 aliphatic heterocycles. The number of hydrogen-bond donors (Lipinski definition) is 2. The Kier molecular flexibility index (Phi) is 6.33. The minimum atomic E-state index is -4.26. The maximum absolute atomic E-state index is 13.1. The van der Waals surface area contributed by atoms with E-state index in [0.717, 1.165) is 61.5 Å². The van der Waals surface area contributed by atoms with Crippen LogP contribution in [0.25, 0.3) is 0 Å². The summed E-state index contributed by atoms with van der Waals surface area (Å²) in [6.07, 6.45) is 6.37. The average Bonchev–Trinajstić information content (AvgIpc) is 3.55. The van der Waals surface area contributed by atoms with E-state index < -0.39 is 33.8 Å². The highest BCUT2D eigenvalue weighted by Crippen LogP contribution is 2.38. The summed E-state index contributed by atoms with van der Waals surface area (Å²) in [5.41, 5.74) is 4.81. The van der Waals surface area contributed by atoms with E-state index >= 15 is 0 Å². The normalized spacial score (nSPS) is 18.3. The van der Waals surface area contributed by atoms with Crippen molar-refractivity contribution in [3.8, 4) is 5.88 Å². The van der Waals surface area contributed by atoms with Crippen molar-refractivity contribution < 1.29 is 27.5 Å². The second-order valence-electron chi connectivity index (χ2n) is 10.8. The Morgan fingerprint density at radius 2 is 1.78 bits per heavy atom. The molecule has 37 heavy (non-hydrogen) atoms. The van der Waals surface area contributed by atoms with Crippen molar-refractivity contribution >= 4 is 27.8 Å². The van der Waals surface area contributed by atoms with Gasteiger partial charge >= 0.3 is 12.1 Å². The van der Waals surface area contributed by atoms with Gasteiger partial charge in [0.25, 0.3) is 10.0 Å². The van der Waals surface area contributed by atoms with Crippen molar-refractivity contribution in [1.82, 2.24) is 19.4 Å². The molecule has 3 amide bonds. The van der Waals surface area contributed by atoms with Crippen LogP contribution in [0.4, 0.5) is 15.3 Å². The summed E-state index contributed by atoms with van der Waals surface area (Å²) >= 11 is 0. The molecule has 0 unspecified atom stereocenters. The molecule has 12 heteroatoms. The highest BCUT2D eigenvalue weighted by atomic mass is 32.2. The predicted octanol–water partition coefficient (Wildman–Crippen LogP) is 3.00. The van der Waals surface area contributed by atoms with Crippen LogP contribution >= 0.6 is 0 Å². The smallest absolute Gasteiger partial charge is 0.410 e. The van der Waals surface area contributed by atoms with E-state index in [9.17, 15) is 18.0 Å². The van der Waals surface area contributed by atoms with Gasteiger partial charge in [0.05, 0.1) is 18.8 Å². The SMILES string of the molecule is CN(C(=O)OC(C)(C)C)[C@H]1COc2c(S(=O)(=O)NC(=O)Nc3c4c(cc5c3CCC5)CCC4)cnn2C1. The van der Waals surface area contributed by atoms with E-state index in [-0.39, 0.29) is 23.9 Å². The topological polar surface area (TPSA) is 132 Å². The van der Waals surface area contributed by atoms with Crippen molar-refractivity contribution in [3.63, 3.8) is 0 Å². The largest absolute Gasteiger partial charge is 0.475 e. The van der Waals surface area contributed by atoms with Crippen molar-refractivity contribution in [2.24, 2.45) is 0 Å². The number of fused-ring (bicyclic) bond motifs is 3. The Morgan fingerprint density at radius 3 is 2.41 bits per heavy atom. The number of nitrogens with one attached hydrogen (secondary N) is 2. The summed E-state index contributed by atoms with van der Waals surface area (Å²) < 4.78 is 40.9. The third-order valence-electron chi connectivity index (χ3n) is 7.01. The highest BCUT2D eigenvalue weighted by Gasteiger charge is 2.35. The fourth-order valence-electron chi connectivity index (χ4n) is 5.24. The molecular weight excluding hydrogens is 498 g/mol. The molecular formula is C25H33N5O6S. The van der Waals surface area contributed by atoms with Crippen molar-refractivity contribution in [3.05, 3.63) is 34.5 Å². The summed E-state index contributed by atoms with van der Waals surface area (Å²) in [5.74, 6) is 0.0237. The summed E-state index contributed by atoms with van der Waals surface area (Å²) in [6, 6.07) is 1.03. The van der Waals surface area contributed by atoms with Gasteiger partial charge in [0.1, 0.15) is 12.2 Å². The van der Waals surface area contributed by atoms with E-state index in [1.807, 2.05) is 0 Å². The molecule has 1 atom stereocenters. The number of hydrogen-bond acceptors (Lipinski definition) is 7. The molecule has 2 N–H and O–H groups in total. The van der Waals surface area contributed by atoms with E-state index in [2.05, 4.69) is 21.2 Å². The van der Waals surface area contributed by atoms with Gasteiger partial charge in [-0.25, -0.2) is 27.4 Å². The Bertz CT molecular complexity index is 1330. The van der Waals surface area contributed by atoms with Crippen molar-refractivity contribution in [2.75, 3.05) is 19.0 Å². The van der Waals surface area contributed by atoms with Crippen LogP contribution < -0.4 is 14.8 Å². The number of urea groups is 1. The highest BCUT2D eigenvalue weighted by molar-refractivity contribution is 7.90. The maximum Gasteiger partial charge on any atom is 0.410 e. The first kappa shape index (κ1) is 25.4. The number of aryl methyl sites for hydroxylation is 2. The molecule has 2 heterocycles. The van der Waals surface area contributed by atoms with Crippen LogP contribution in [0.5, 0.6) is 5.88 Å². The lowest BCUT2D eigenvalue weighted by atomic mass is 9.99. The first-order chi connectivity index (χ1) is 17.4. The molecule has 0 bridgehead atoms. The van der Waals surface area contributed by atoms with E-state index in [1.165, 1.54) is 20.7 Å². The van der Waals surface area contributed by atoms with Crippen LogP contribution in [-0.4, -0.2) is 60.5 Å². The van der Waals surface area contributed by atoms with Gasteiger partial charge in [0.2, 0.25) is 5.88 Å². The number of likely N-dealkylation sites (N-methyl/N-ethyl adjacent to an activating group) is 1. The molecule has 1 aromatic carbocycles. The fourth-order valence-corrected chi connectivity index (χ4v) is 6.23. The second kappa shape index (κ2) is 9.23. The van der Waals surface area contributed by atoms with Crippen LogP contribution in [0.15, 0.2) is 17.2 Å². The van der Waals surface area contributed by atoms with Crippen LogP contribution in [-0.2, 0) is 47.0 Å². The lowest BCUT2D eigenvalue weighted by Gasteiger charge is -2.33.